The van der Waals surface area contributed by atoms with Gasteiger partial charge in [0, 0.05) is 11.8 Å². The van der Waals surface area contributed by atoms with E-state index in [0.717, 1.165) is 6.61 Å². The zero-order valence-corrected chi connectivity index (χ0v) is 10.6. The first-order chi connectivity index (χ1) is 7.55. The lowest BCUT2D eigenvalue weighted by Gasteiger charge is -2.34. The van der Waals surface area contributed by atoms with Crippen molar-refractivity contribution in [1.82, 2.24) is 0 Å². The third-order valence-corrected chi connectivity index (χ3v) is 4.32. The summed E-state index contributed by atoms with van der Waals surface area (Å²) in [5, 5.41) is 8.74. The summed E-state index contributed by atoms with van der Waals surface area (Å²) in [4.78, 5) is 0. The quantitative estimate of drug-likeness (QED) is 0.725. The topological polar surface area (TPSA) is 33.0 Å². The average molecular weight is 221 g/mol. The Labute approximate surface area is 99.0 Å². The molecule has 2 rings (SSSR count). The molecule has 0 amide bonds. The molecule has 16 heavy (non-hydrogen) atoms. The van der Waals surface area contributed by atoms with Gasteiger partial charge < -0.3 is 4.74 Å². The molecule has 2 heteroatoms. The molecule has 0 unspecified atom stereocenters. The molecule has 0 aliphatic heterocycles. The van der Waals surface area contributed by atoms with Gasteiger partial charge in [-0.15, -0.1) is 0 Å². The fraction of sp³-hybridized carbons (Fsp3) is 0.929. The van der Waals surface area contributed by atoms with Gasteiger partial charge in [0.2, 0.25) is 0 Å². The van der Waals surface area contributed by atoms with Gasteiger partial charge in [-0.2, -0.15) is 5.26 Å². The Balaban J connectivity index is 1.70. The standard InChI is InChI=1S/C14H23NO/c1-13(2)5-3-12(4-6-13)16-11-14(7-8-14)9-10-15/h12H,3-9,11H2,1-2H3. The van der Waals surface area contributed by atoms with Crippen LogP contribution < -0.4 is 0 Å². The number of rotatable bonds is 4. The van der Waals surface area contributed by atoms with E-state index in [0.29, 0.717) is 17.9 Å². The van der Waals surface area contributed by atoms with Crippen LogP contribution in [-0.2, 0) is 4.74 Å². The zero-order valence-electron chi connectivity index (χ0n) is 10.6. The highest BCUT2D eigenvalue weighted by molar-refractivity contribution is 4.99. The predicted molar refractivity (Wildman–Crippen MR) is 63.9 cm³/mol. The van der Waals surface area contributed by atoms with E-state index in [4.69, 9.17) is 10.00 Å². The number of nitriles is 1. The zero-order chi connectivity index (χ0) is 11.6. The minimum atomic E-state index is 0.252. The molecule has 0 atom stereocenters. The van der Waals surface area contributed by atoms with E-state index in [9.17, 15) is 0 Å². The normalized spacial score (nSPS) is 27.3. The summed E-state index contributed by atoms with van der Waals surface area (Å²) < 4.78 is 6.00. The van der Waals surface area contributed by atoms with Crippen molar-refractivity contribution in [1.29, 1.82) is 5.26 Å². The third kappa shape index (κ3) is 2.98. The van der Waals surface area contributed by atoms with E-state index in [1.54, 1.807) is 0 Å². The van der Waals surface area contributed by atoms with E-state index in [2.05, 4.69) is 19.9 Å². The lowest BCUT2D eigenvalue weighted by atomic mass is 9.76. The molecule has 2 fully saturated rings. The summed E-state index contributed by atoms with van der Waals surface area (Å²) in [6.07, 6.45) is 8.50. The molecule has 0 heterocycles. The monoisotopic (exact) mass is 221 g/mol. The molecule has 2 aliphatic carbocycles. The molecule has 0 aromatic rings. The number of ether oxygens (including phenoxy) is 1. The summed E-state index contributed by atoms with van der Waals surface area (Å²) in [6.45, 7) is 5.52. The van der Waals surface area contributed by atoms with Crippen LogP contribution in [0, 0.1) is 22.2 Å². The van der Waals surface area contributed by atoms with Crippen LogP contribution in [-0.4, -0.2) is 12.7 Å². The Morgan fingerprint density at radius 2 is 1.81 bits per heavy atom. The second-order valence-electron chi connectivity index (χ2n) is 6.51. The SMILES string of the molecule is CC1(C)CCC(OCC2(CC#N)CC2)CC1. The van der Waals surface area contributed by atoms with Gasteiger partial charge in [-0.1, -0.05) is 13.8 Å². The molecule has 0 N–H and O–H groups in total. The van der Waals surface area contributed by atoms with E-state index in [1.165, 1.54) is 38.5 Å². The molecule has 0 aromatic heterocycles. The van der Waals surface area contributed by atoms with Gasteiger partial charge in [0.25, 0.3) is 0 Å². The first kappa shape index (κ1) is 11.9. The predicted octanol–water partition coefficient (Wildman–Crippen LogP) is 3.67. The molecule has 0 aromatic carbocycles. The van der Waals surface area contributed by atoms with Crippen LogP contribution in [0.1, 0.15) is 58.8 Å². The van der Waals surface area contributed by atoms with Crippen molar-refractivity contribution in [2.24, 2.45) is 10.8 Å². The summed E-state index contributed by atoms with van der Waals surface area (Å²) in [5.41, 5.74) is 0.769. The molecular weight excluding hydrogens is 198 g/mol. The maximum Gasteiger partial charge on any atom is 0.0628 e. The van der Waals surface area contributed by atoms with Crippen LogP contribution >= 0.6 is 0 Å². The minimum absolute atomic E-state index is 0.252. The molecule has 90 valence electrons. The van der Waals surface area contributed by atoms with Crippen LogP contribution in [0.15, 0.2) is 0 Å². The van der Waals surface area contributed by atoms with Gasteiger partial charge in [-0.05, 0) is 43.9 Å². The van der Waals surface area contributed by atoms with Gasteiger partial charge in [0.05, 0.1) is 18.8 Å². The highest BCUT2D eigenvalue weighted by atomic mass is 16.5. The van der Waals surface area contributed by atoms with Crippen molar-refractivity contribution in [3.8, 4) is 6.07 Å². The maximum absolute atomic E-state index is 8.74. The second kappa shape index (κ2) is 4.37. The molecule has 2 nitrogen and oxygen atoms in total. The Morgan fingerprint density at radius 1 is 1.19 bits per heavy atom. The molecule has 2 aliphatic rings. The van der Waals surface area contributed by atoms with Crippen molar-refractivity contribution in [3.63, 3.8) is 0 Å². The molecule has 0 radical (unpaired) electrons. The highest BCUT2D eigenvalue weighted by Crippen LogP contribution is 2.49. The van der Waals surface area contributed by atoms with E-state index in [-0.39, 0.29) is 5.41 Å². The van der Waals surface area contributed by atoms with Crippen molar-refractivity contribution >= 4 is 0 Å². The van der Waals surface area contributed by atoms with Gasteiger partial charge >= 0.3 is 0 Å². The van der Waals surface area contributed by atoms with Crippen molar-refractivity contribution < 1.29 is 4.74 Å². The summed E-state index contributed by atoms with van der Waals surface area (Å²) >= 11 is 0. The Kier molecular flexibility index (Phi) is 3.26. The van der Waals surface area contributed by atoms with Crippen molar-refractivity contribution in [2.45, 2.75) is 64.9 Å². The summed E-state index contributed by atoms with van der Waals surface area (Å²) in [7, 11) is 0. The van der Waals surface area contributed by atoms with E-state index >= 15 is 0 Å². The van der Waals surface area contributed by atoms with Crippen LogP contribution in [0.4, 0.5) is 0 Å². The van der Waals surface area contributed by atoms with Crippen molar-refractivity contribution in [2.75, 3.05) is 6.61 Å². The molecule has 0 spiro atoms. The first-order valence-electron chi connectivity index (χ1n) is 6.54. The molecule has 2 saturated carbocycles. The van der Waals surface area contributed by atoms with E-state index in [1.807, 2.05) is 0 Å². The molecule has 0 saturated heterocycles. The number of hydrogen-bond acceptors (Lipinski definition) is 2. The minimum Gasteiger partial charge on any atom is -0.378 e. The Hall–Kier alpha value is -0.550. The maximum atomic E-state index is 8.74. The smallest absolute Gasteiger partial charge is 0.0628 e. The fourth-order valence-electron chi connectivity index (χ4n) is 2.55. The highest BCUT2D eigenvalue weighted by Gasteiger charge is 2.43. The van der Waals surface area contributed by atoms with Crippen molar-refractivity contribution in [3.05, 3.63) is 0 Å². The lowest BCUT2D eigenvalue weighted by Crippen LogP contribution is -2.28. The largest absolute Gasteiger partial charge is 0.378 e. The molecular formula is C14H23NO. The third-order valence-electron chi connectivity index (χ3n) is 4.32. The lowest BCUT2D eigenvalue weighted by molar-refractivity contribution is -0.0165. The van der Waals surface area contributed by atoms with Crippen LogP contribution in [0.3, 0.4) is 0 Å². The number of hydrogen-bond donors (Lipinski definition) is 0. The first-order valence-corrected chi connectivity index (χ1v) is 6.54. The average Bonchev–Trinajstić information content (AvgIpc) is 2.98. The van der Waals surface area contributed by atoms with Gasteiger partial charge in [-0.3, -0.25) is 0 Å². The van der Waals surface area contributed by atoms with Crippen LogP contribution in [0.25, 0.3) is 0 Å². The fourth-order valence-corrected chi connectivity index (χ4v) is 2.55. The Bertz CT molecular complexity index is 276. The second-order valence-corrected chi connectivity index (χ2v) is 6.51. The Morgan fingerprint density at radius 3 is 2.31 bits per heavy atom. The van der Waals surface area contributed by atoms with Gasteiger partial charge in [0.1, 0.15) is 0 Å². The summed E-state index contributed by atoms with van der Waals surface area (Å²) in [5.74, 6) is 0. The van der Waals surface area contributed by atoms with Crippen LogP contribution in [0.2, 0.25) is 0 Å². The van der Waals surface area contributed by atoms with Gasteiger partial charge in [0.15, 0.2) is 0 Å². The van der Waals surface area contributed by atoms with Crippen LogP contribution in [0.5, 0.6) is 0 Å². The number of nitrogens with zero attached hydrogens (tertiary/aromatic N) is 1. The van der Waals surface area contributed by atoms with E-state index < -0.39 is 0 Å². The van der Waals surface area contributed by atoms with Gasteiger partial charge in [-0.25, -0.2) is 0 Å². The summed E-state index contributed by atoms with van der Waals surface area (Å²) in [6, 6.07) is 2.29. The molecule has 0 bridgehead atoms.